The van der Waals surface area contributed by atoms with E-state index >= 15 is 0 Å². The van der Waals surface area contributed by atoms with E-state index in [1.807, 2.05) is 0 Å². The number of hydrogen-bond donors (Lipinski definition) is 0. The second-order valence-electron chi connectivity index (χ2n) is 9.67. The van der Waals surface area contributed by atoms with Crippen molar-refractivity contribution >= 4 is 18.7 Å². The smallest absolute Gasteiger partial charge is 0.264 e. The molecule has 1 heterocycles. The van der Waals surface area contributed by atoms with Crippen LogP contribution in [0.5, 0.6) is 0 Å². The lowest BCUT2D eigenvalue weighted by Gasteiger charge is -2.44. The summed E-state index contributed by atoms with van der Waals surface area (Å²) >= 11 is 0. The Labute approximate surface area is 194 Å². The highest BCUT2D eigenvalue weighted by molar-refractivity contribution is 6.99. The summed E-state index contributed by atoms with van der Waals surface area (Å²) in [5.41, 5.74) is 1.26. The molecule has 3 nitrogen and oxygen atoms in total. The fourth-order valence-electron chi connectivity index (χ4n) is 4.88. The van der Waals surface area contributed by atoms with Gasteiger partial charge in [0.1, 0.15) is 0 Å². The lowest BCUT2D eigenvalue weighted by Crippen LogP contribution is -2.67. The van der Waals surface area contributed by atoms with Gasteiger partial charge in [-0.05, 0) is 27.4 Å². The number of hydrogen-bond acceptors (Lipinski definition) is 3. The third-order valence-electron chi connectivity index (χ3n) is 6.50. The molecule has 0 unspecified atom stereocenters. The molecule has 3 aromatic carbocycles. The first-order chi connectivity index (χ1) is 15.4. The molecular formula is C28H35NO2Si. The van der Waals surface area contributed by atoms with Crippen LogP contribution >= 0.6 is 0 Å². The first-order valence-corrected chi connectivity index (χ1v) is 13.6. The molecule has 168 valence electrons. The SMILES string of the molecule is CC[C@H]1C[C@@H](O[Si](c2ccccc2)(c2ccccc2)C(C)(C)C)ON1Cc1ccccc1. The Kier molecular flexibility index (Phi) is 6.96. The van der Waals surface area contributed by atoms with Crippen LogP contribution in [0.3, 0.4) is 0 Å². The van der Waals surface area contributed by atoms with Gasteiger partial charge in [-0.2, -0.15) is 5.06 Å². The molecule has 2 atom stereocenters. The molecular weight excluding hydrogens is 410 g/mol. The molecule has 1 saturated heterocycles. The van der Waals surface area contributed by atoms with Crippen LogP contribution < -0.4 is 10.4 Å². The second kappa shape index (κ2) is 9.71. The van der Waals surface area contributed by atoms with Crippen LogP contribution in [0.4, 0.5) is 0 Å². The summed E-state index contributed by atoms with van der Waals surface area (Å²) in [6.07, 6.45) is 1.66. The number of rotatable bonds is 7. The van der Waals surface area contributed by atoms with Gasteiger partial charge in [-0.15, -0.1) is 0 Å². The standard InChI is InChI=1S/C28H35NO2Si/c1-5-24-21-27(30-29(24)22-23-15-9-6-10-16-23)31-32(28(2,3)4,25-17-11-7-12-18-25)26-19-13-8-14-20-26/h6-20,24,27H,5,21-22H2,1-4H3/t24-,27+/m0/s1. The first-order valence-electron chi connectivity index (χ1n) is 11.7. The Hall–Kier alpha value is -2.24. The molecule has 1 aliphatic heterocycles. The van der Waals surface area contributed by atoms with Crippen molar-refractivity contribution in [2.75, 3.05) is 0 Å². The summed E-state index contributed by atoms with van der Waals surface area (Å²) in [4.78, 5) is 6.51. The maximum atomic E-state index is 7.21. The highest BCUT2D eigenvalue weighted by Gasteiger charge is 2.53. The van der Waals surface area contributed by atoms with Crippen LogP contribution in [0, 0.1) is 0 Å². The van der Waals surface area contributed by atoms with Gasteiger partial charge < -0.3 is 4.43 Å². The second-order valence-corrected chi connectivity index (χ2v) is 13.9. The van der Waals surface area contributed by atoms with Crippen molar-refractivity contribution in [3.63, 3.8) is 0 Å². The van der Waals surface area contributed by atoms with Crippen LogP contribution in [-0.4, -0.2) is 25.7 Å². The highest BCUT2D eigenvalue weighted by Crippen LogP contribution is 2.39. The van der Waals surface area contributed by atoms with E-state index in [2.05, 4.69) is 124 Å². The molecule has 0 radical (unpaired) electrons. The maximum absolute atomic E-state index is 7.21. The van der Waals surface area contributed by atoms with Crippen molar-refractivity contribution in [2.45, 2.75) is 64.5 Å². The van der Waals surface area contributed by atoms with E-state index in [0.717, 1.165) is 19.4 Å². The van der Waals surface area contributed by atoms with Gasteiger partial charge >= 0.3 is 0 Å². The Balaban J connectivity index is 1.69. The zero-order valence-corrected chi connectivity index (χ0v) is 20.7. The quantitative estimate of drug-likeness (QED) is 0.448. The Morgan fingerprint density at radius 3 is 1.81 bits per heavy atom. The van der Waals surface area contributed by atoms with E-state index in [4.69, 9.17) is 9.26 Å². The van der Waals surface area contributed by atoms with Crippen LogP contribution in [0.2, 0.25) is 5.04 Å². The molecule has 4 heteroatoms. The summed E-state index contributed by atoms with van der Waals surface area (Å²) < 4.78 is 7.21. The minimum atomic E-state index is -2.63. The molecule has 0 aromatic heterocycles. The van der Waals surface area contributed by atoms with Crippen molar-refractivity contribution in [1.82, 2.24) is 5.06 Å². The third kappa shape index (κ3) is 4.60. The maximum Gasteiger partial charge on any atom is 0.264 e. The zero-order chi connectivity index (χ0) is 22.6. The molecule has 0 saturated carbocycles. The zero-order valence-electron chi connectivity index (χ0n) is 19.7. The van der Waals surface area contributed by atoms with Gasteiger partial charge in [-0.1, -0.05) is 119 Å². The number of nitrogens with zero attached hydrogens (tertiary/aromatic N) is 1. The van der Waals surface area contributed by atoms with E-state index in [1.54, 1.807) is 0 Å². The predicted molar refractivity (Wildman–Crippen MR) is 134 cm³/mol. The Morgan fingerprint density at radius 1 is 0.844 bits per heavy atom. The summed E-state index contributed by atoms with van der Waals surface area (Å²) in [5, 5.41) is 4.65. The first kappa shape index (κ1) is 22.9. The van der Waals surface area contributed by atoms with Gasteiger partial charge in [0.2, 0.25) is 0 Å². The van der Waals surface area contributed by atoms with Gasteiger partial charge in [0.25, 0.3) is 8.32 Å². The van der Waals surface area contributed by atoms with Gasteiger partial charge in [0, 0.05) is 19.0 Å². The normalized spacial score (nSPS) is 19.9. The summed E-state index contributed by atoms with van der Waals surface area (Å²) in [7, 11) is -2.63. The summed E-state index contributed by atoms with van der Waals surface area (Å²) in [6.45, 7) is 9.95. The van der Waals surface area contributed by atoms with E-state index < -0.39 is 8.32 Å². The van der Waals surface area contributed by atoms with E-state index in [0.29, 0.717) is 6.04 Å². The van der Waals surface area contributed by atoms with E-state index in [1.165, 1.54) is 15.9 Å². The van der Waals surface area contributed by atoms with Crippen molar-refractivity contribution in [2.24, 2.45) is 0 Å². The van der Waals surface area contributed by atoms with Crippen molar-refractivity contribution < 1.29 is 9.26 Å². The molecule has 4 rings (SSSR count). The minimum Gasteiger partial charge on any atom is -0.381 e. The molecule has 0 N–H and O–H groups in total. The topological polar surface area (TPSA) is 21.7 Å². The van der Waals surface area contributed by atoms with E-state index in [-0.39, 0.29) is 11.3 Å². The highest BCUT2D eigenvalue weighted by atomic mass is 28.4. The minimum absolute atomic E-state index is 0.0619. The fraction of sp³-hybridized carbons (Fsp3) is 0.357. The van der Waals surface area contributed by atoms with Gasteiger partial charge in [0.15, 0.2) is 6.29 Å². The Bertz CT molecular complexity index is 933. The van der Waals surface area contributed by atoms with Crippen LogP contribution in [0.15, 0.2) is 91.0 Å². The Morgan fingerprint density at radius 2 is 1.34 bits per heavy atom. The molecule has 0 aliphatic carbocycles. The van der Waals surface area contributed by atoms with Crippen molar-refractivity contribution in [3.8, 4) is 0 Å². The molecule has 0 amide bonds. The number of hydroxylamine groups is 2. The molecule has 1 fully saturated rings. The predicted octanol–water partition coefficient (Wildman–Crippen LogP) is 5.51. The largest absolute Gasteiger partial charge is 0.381 e. The van der Waals surface area contributed by atoms with Gasteiger partial charge in [-0.3, -0.25) is 4.84 Å². The van der Waals surface area contributed by atoms with Crippen molar-refractivity contribution in [3.05, 3.63) is 96.6 Å². The van der Waals surface area contributed by atoms with Crippen LogP contribution in [0.1, 0.15) is 46.1 Å². The average molecular weight is 446 g/mol. The third-order valence-corrected chi connectivity index (χ3v) is 11.5. The summed E-state index contributed by atoms with van der Waals surface area (Å²) in [5.74, 6) is 0. The molecule has 32 heavy (non-hydrogen) atoms. The van der Waals surface area contributed by atoms with Crippen LogP contribution in [-0.2, 0) is 15.8 Å². The lowest BCUT2D eigenvalue weighted by molar-refractivity contribution is -0.220. The van der Waals surface area contributed by atoms with Crippen molar-refractivity contribution in [1.29, 1.82) is 0 Å². The van der Waals surface area contributed by atoms with Gasteiger partial charge in [-0.25, -0.2) is 0 Å². The summed E-state index contributed by atoms with van der Waals surface area (Å²) in [6, 6.07) is 32.5. The lowest BCUT2D eigenvalue weighted by atomic mass is 10.1. The average Bonchev–Trinajstić information content (AvgIpc) is 3.19. The fourth-order valence-corrected chi connectivity index (χ4v) is 9.43. The molecule has 0 spiro atoms. The monoisotopic (exact) mass is 445 g/mol. The van der Waals surface area contributed by atoms with E-state index in [9.17, 15) is 0 Å². The molecule has 0 bridgehead atoms. The molecule has 1 aliphatic rings. The molecule has 3 aromatic rings. The van der Waals surface area contributed by atoms with Gasteiger partial charge in [0.05, 0.1) is 0 Å². The number of benzene rings is 3. The van der Waals surface area contributed by atoms with Crippen LogP contribution in [0.25, 0.3) is 0 Å².